The average molecular weight is 220 g/mol. The summed E-state index contributed by atoms with van der Waals surface area (Å²) in [5.41, 5.74) is 0.518. The predicted octanol–water partition coefficient (Wildman–Crippen LogP) is -0.378. The Bertz CT molecular complexity index is 669. The van der Waals surface area contributed by atoms with Crippen molar-refractivity contribution in [2.75, 3.05) is 0 Å². The maximum Gasteiger partial charge on any atom is 0.434 e. The summed E-state index contributed by atoms with van der Waals surface area (Å²) in [5.74, 6) is -0.528. The number of nitrogens with zero attached hydrogens (tertiary/aromatic N) is 1. The maximum absolute atomic E-state index is 10.8. The molecule has 6 heteroatoms. The highest BCUT2D eigenvalue weighted by Crippen LogP contribution is 2.09. The van der Waals surface area contributed by atoms with Gasteiger partial charge in [-0.3, -0.25) is 0 Å². The van der Waals surface area contributed by atoms with Crippen LogP contribution in [0.2, 0.25) is 0 Å². The summed E-state index contributed by atoms with van der Waals surface area (Å²) in [6.07, 6.45) is 1.71. The molecular weight excluding hydrogens is 212 g/mol. The normalized spacial score (nSPS) is 13.2. The minimum Gasteiger partial charge on any atom is -0.515 e. The van der Waals surface area contributed by atoms with Gasteiger partial charge in [-0.05, 0) is 12.1 Å². The highest BCUT2D eigenvalue weighted by atomic mass is 16.4. The second-order valence-electron chi connectivity index (χ2n) is 3.02. The third-order valence-electron chi connectivity index (χ3n) is 2.05. The fraction of sp³-hybridized carbons (Fsp3) is 0. The topological polar surface area (TPSA) is 99.4 Å². The van der Waals surface area contributed by atoms with Gasteiger partial charge >= 0.3 is 5.76 Å². The molecule has 0 atom stereocenters. The number of aromatic amines is 1. The Morgan fingerprint density at radius 2 is 2.00 bits per heavy atom. The van der Waals surface area contributed by atoms with Gasteiger partial charge in [-0.15, -0.1) is 5.10 Å². The summed E-state index contributed by atoms with van der Waals surface area (Å²) in [6.45, 7) is 0. The van der Waals surface area contributed by atoms with E-state index in [9.17, 15) is 4.79 Å². The Balaban J connectivity index is 2.66. The van der Waals surface area contributed by atoms with Crippen LogP contribution in [-0.2, 0) is 0 Å². The van der Waals surface area contributed by atoms with Crippen molar-refractivity contribution < 1.29 is 14.6 Å². The molecule has 1 heterocycles. The molecule has 0 bridgehead atoms. The molecule has 1 aromatic heterocycles. The lowest BCUT2D eigenvalue weighted by Crippen LogP contribution is -2.24. The van der Waals surface area contributed by atoms with Crippen LogP contribution in [0.4, 0.5) is 0 Å². The molecule has 2 aromatic rings. The van der Waals surface area contributed by atoms with Crippen molar-refractivity contribution in [2.45, 2.75) is 0 Å². The van der Waals surface area contributed by atoms with Crippen LogP contribution in [0.1, 0.15) is 0 Å². The van der Waals surface area contributed by atoms with Crippen LogP contribution >= 0.6 is 0 Å². The fourth-order valence-electron chi connectivity index (χ4n) is 1.29. The Morgan fingerprint density at radius 1 is 1.25 bits per heavy atom. The van der Waals surface area contributed by atoms with Crippen molar-refractivity contribution in [3.05, 3.63) is 39.2 Å². The van der Waals surface area contributed by atoms with Crippen molar-refractivity contribution in [2.24, 2.45) is 0 Å². The summed E-state index contributed by atoms with van der Waals surface area (Å²) in [6, 6.07) is 4.70. The minimum atomic E-state index is -0.651. The molecule has 3 N–H and O–H groups in total. The van der Waals surface area contributed by atoms with Gasteiger partial charge in [0, 0.05) is 16.0 Å². The number of aliphatic hydroxyl groups excluding tert-OH is 2. The number of benzene rings is 1. The van der Waals surface area contributed by atoms with E-state index < -0.39 is 5.76 Å². The predicted molar refractivity (Wildman–Crippen MR) is 56.0 cm³/mol. The van der Waals surface area contributed by atoms with E-state index in [0.717, 1.165) is 12.5 Å². The molecule has 0 saturated heterocycles. The molecule has 1 aromatic carbocycles. The van der Waals surface area contributed by atoms with Gasteiger partial charge in [0.25, 0.3) is 0 Å². The van der Waals surface area contributed by atoms with Gasteiger partial charge in [-0.2, -0.15) is 0 Å². The molecular formula is C10H8N2O4. The van der Waals surface area contributed by atoms with Crippen molar-refractivity contribution in [1.82, 2.24) is 10.2 Å². The first kappa shape index (κ1) is 10.0. The van der Waals surface area contributed by atoms with Crippen LogP contribution < -0.4 is 16.2 Å². The number of rotatable bonds is 1. The number of nitrogens with one attached hydrogen (secondary N) is 1. The number of H-pyrrole nitrogens is 1. The minimum absolute atomic E-state index is 0.123. The SMILES string of the molecule is O=c1[nH]nc(-c2ccc(=C/O)/c(=C\O)c2)o1. The van der Waals surface area contributed by atoms with Gasteiger partial charge in [-0.1, -0.05) is 6.07 Å². The second kappa shape index (κ2) is 3.93. The van der Waals surface area contributed by atoms with Crippen LogP contribution in [0.25, 0.3) is 24.0 Å². The maximum atomic E-state index is 10.8. The zero-order valence-corrected chi connectivity index (χ0v) is 8.04. The average Bonchev–Trinajstić information content (AvgIpc) is 2.75. The van der Waals surface area contributed by atoms with Crippen LogP contribution in [0, 0.1) is 0 Å². The van der Waals surface area contributed by atoms with E-state index in [2.05, 4.69) is 10.2 Å². The first-order valence-electron chi connectivity index (χ1n) is 4.39. The molecule has 0 aliphatic rings. The summed E-state index contributed by atoms with van der Waals surface area (Å²) < 4.78 is 4.75. The van der Waals surface area contributed by atoms with Crippen molar-refractivity contribution >= 4 is 12.5 Å². The van der Waals surface area contributed by atoms with Gasteiger partial charge in [0.05, 0.1) is 12.5 Å². The molecule has 6 nitrogen and oxygen atoms in total. The molecule has 0 fully saturated rings. The van der Waals surface area contributed by atoms with Crippen molar-refractivity contribution in [3.8, 4) is 11.5 Å². The van der Waals surface area contributed by atoms with Crippen LogP contribution in [0.3, 0.4) is 0 Å². The lowest BCUT2D eigenvalue weighted by molar-refractivity contribution is 0.526. The van der Waals surface area contributed by atoms with E-state index in [1.54, 1.807) is 12.1 Å². The van der Waals surface area contributed by atoms with Gasteiger partial charge in [0.1, 0.15) is 0 Å². The highest BCUT2D eigenvalue weighted by Gasteiger charge is 2.04. The molecule has 0 unspecified atom stereocenters. The smallest absolute Gasteiger partial charge is 0.434 e. The third-order valence-corrected chi connectivity index (χ3v) is 2.05. The Labute approximate surface area is 88.8 Å². The van der Waals surface area contributed by atoms with Gasteiger partial charge in [0.15, 0.2) is 0 Å². The van der Waals surface area contributed by atoms with E-state index in [1.807, 2.05) is 0 Å². The zero-order valence-electron chi connectivity index (χ0n) is 8.04. The number of aromatic nitrogens is 2. The molecule has 0 spiro atoms. The van der Waals surface area contributed by atoms with Crippen LogP contribution in [0.15, 0.2) is 27.4 Å². The van der Waals surface area contributed by atoms with E-state index in [1.165, 1.54) is 6.07 Å². The molecule has 82 valence electrons. The van der Waals surface area contributed by atoms with Gasteiger partial charge in [-0.25, -0.2) is 9.89 Å². The summed E-state index contributed by atoms with van der Waals surface area (Å²) in [5, 5.41) is 24.4. The highest BCUT2D eigenvalue weighted by molar-refractivity contribution is 5.53. The Morgan fingerprint density at radius 3 is 2.56 bits per heavy atom. The molecule has 0 aliphatic heterocycles. The first-order valence-corrected chi connectivity index (χ1v) is 4.39. The summed E-state index contributed by atoms with van der Waals surface area (Å²) in [4.78, 5) is 10.8. The Hall–Kier alpha value is -2.50. The summed E-state index contributed by atoms with van der Waals surface area (Å²) >= 11 is 0. The lowest BCUT2D eigenvalue weighted by atomic mass is 10.1. The molecule has 0 saturated carbocycles. The number of aliphatic hydroxyl groups is 2. The third kappa shape index (κ3) is 1.68. The molecule has 0 radical (unpaired) electrons. The molecule has 0 amide bonds. The second-order valence-corrected chi connectivity index (χ2v) is 3.02. The monoisotopic (exact) mass is 220 g/mol. The summed E-state index contributed by atoms with van der Waals surface area (Å²) in [7, 11) is 0. The molecule has 0 aliphatic carbocycles. The number of hydrogen-bond acceptors (Lipinski definition) is 5. The quantitative estimate of drug-likeness (QED) is 0.608. The Kier molecular flexibility index (Phi) is 2.47. The van der Waals surface area contributed by atoms with Crippen molar-refractivity contribution in [1.29, 1.82) is 0 Å². The fourth-order valence-corrected chi connectivity index (χ4v) is 1.29. The largest absolute Gasteiger partial charge is 0.515 e. The van der Waals surface area contributed by atoms with E-state index >= 15 is 0 Å². The van der Waals surface area contributed by atoms with E-state index in [0.29, 0.717) is 16.0 Å². The zero-order chi connectivity index (χ0) is 11.5. The standard InChI is InChI=1S/C10H8N2O4/c13-4-7-2-1-6(3-8(7)5-14)9-11-12-10(15)16-9/h1-5,13-14H,(H,12,15)/b7-4-,8-5-. The van der Waals surface area contributed by atoms with E-state index in [-0.39, 0.29) is 5.89 Å². The van der Waals surface area contributed by atoms with E-state index in [4.69, 9.17) is 14.6 Å². The number of hydrogen-bond donors (Lipinski definition) is 3. The molecule has 16 heavy (non-hydrogen) atoms. The first-order chi connectivity index (χ1) is 7.74. The lowest BCUT2D eigenvalue weighted by Gasteiger charge is -1.94. The van der Waals surface area contributed by atoms with Crippen LogP contribution in [-0.4, -0.2) is 20.4 Å². The van der Waals surface area contributed by atoms with Crippen molar-refractivity contribution in [3.63, 3.8) is 0 Å². The van der Waals surface area contributed by atoms with Gasteiger partial charge in [0.2, 0.25) is 5.89 Å². The van der Waals surface area contributed by atoms with Gasteiger partial charge < -0.3 is 14.6 Å². The van der Waals surface area contributed by atoms with Crippen LogP contribution in [0.5, 0.6) is 0 Å². The molecule has 2 rings (SSSR count).